The lowest BCUT2D eigenvalue weighted by molar-refractivity contribution is -0.137. The Balaban J connectivity index is 2.49. The van der Waals surface area contributed by atoms with Crippen molar-refractivity contribution in [3.63, 3.8) is 0 Å². The number of hydrogen-bond donors (Lipinski definition) is 1. The molecule has 0 aromatic heterocycles. The summed E-state index contributed by atoms with van der Waals surface area (Å²) in [5, 5.41) is 3.17. The summed E-state index contributed by atoms with van der Waals surface area (Å²) in [5.41, 5.74) is 0. The molecule has 72 valence electrons. The van der Waals surface area contributed by atoms with E-state index in [1.54, 1.807) is 6.92 Å². The Morgan fingerprint density at radius 3 is 3.15 bits per heavy atom. The van der Waals surface area contributed by atoms with Gasteiger partial charge in [0.1, 0.15) is 0 Å². The minimum absolute atomic E-state index is 0.0469. The fourth-order valence-electron chi connectivity index (χ4n) is 0.858. The molecule has 5 heteroatoms. The fourth-order valence-corrected chi connectivity index (χ4v) is 1.73. The maximum atomic E-state index is 11.0. The lowest BCUT2D eigenvalue weighted by Crippen LogP contribution is -2.26. The Kier molecular flexibility index (Phi) is 3.82. The normalized spacial score (nSPS) is 19.8. The Bertz CT molecular complexity index is 250. The molecule has 1 fully saturated rings. The van der Waals surface area contributed by atoms with Crippen molar-refractivity contribution in [3.8, 4) is 0 Å². The van der Waals surface area contributed by atoms with Crippen LogP contribution in [0.2, 0.25) is 0 Å². The molecule has 0 aromatic rings. The van der Waals surface area contributed by atoms with Crippen LogP contribution in [-0.4, -0.2) is 24.2 Å². The van der Waals surface area contributed by atoms with Crippen molar-refractivity contribution >= 4 is 23.6 Å². The fraction of sp³-hybridized carbons (Fsp3) is 0.500. The SMILES string of the molecule is CCOC(=O)/C=C1\NC(=O)CCS1. The molecule has 0 aromatic carbocycles. The van der Waals surface area contributed by atoms with Crippen LogP contribution in [-0.2, 0) is 14.3 Å². The van der Waals surface area contributed by atoms with Crippen LogP contribution in [0, 0.1) is 0 Å². The highest BCUT2D eigenvalue weighted by atomic mass is 32.2. The third-order valence-corrected chi connectivity index (χ3v) is 2.32. The van der Waals surface area contributed by atoms with Gasteiger partial charge in [0.25, 0.3) is 0 Å². The van der Waals surface area contributed by atoms with Crippen molar-refractivity contribution in [1.82, 2.24) is 5.32 Å². The Morgan fingerprint density at radius 1 is 1.77 bits per heavy atom. The molecule has 4 nitrogen and oxygen atoms in total. The van der Waals surface area contributed by atoms with Gasteiger partial charge in [0.05, 0.1) is 17.7 Å². The van der Waals surface area contributed by atoms with E-state index in [9.17, 15) is 9.59 Å². The molecule has 13 heavy (non-hydrogen) atoms. The van der Waals surface area contributed by atoms with Crippen molar-refractivity contribution in [2.24, 2.45) is 0 Å². The quantitative estimate of drug-likeness (QED) is 0.526. The first-order valence-electron chi connectivity index (χ1n) is 4.03. The van der Waals surface area contributed by atoms with E-state index >= 15 is 0 Å². The summed E-state index contributed by atoms with van der Waals surface area (Å²) >= 11 is 1.45. The van der Waals surface area contributed by atoms with Crippen LogP contribution in [0.3, 0.4) is 0 Å². The number of thioether (sulfide) groups is 1. The van der Waals surface area contributed by atoms with Gasteiger partial charge in [-0.25, -0.2) is 4.79 Å². The zero-order chi connectivity index (χ0) is 9.68. The smallest absolute Gasteiger partial charge is 0.333 e. The van der Waals surface area contributed by atoms with Crippen molar-refractivity contribution in [2.75, 3.05) is 12.4 Å². The number of carbonyl (C=O) groups excluding carboxylic acids is 2. The summed E-state index contributed by atoms with van der Waals surface area (Å²) in [4.78, 5) is 21.9. The number of carbonyl (C=O) groups is 2. The Morgan fingerprint density at radius 2 is 2.54 bits per heavy atom. The predicted molar refractivity (Wildman–Crippen MR) is 49.9 cm³/mol. The van der Waals surface area contributed by atoms with Gasteiger partial charge in [-0.3, -0.25) is 4.79 Å². The zero-order valence-electron chi connectivity index (χ0n) is 7.33. The predicted octanol–water partition coefficient (Wildman–Crippen LogP) is 0.644. The van der Waals surface area contributed by atoms with Gasteiger partial charge in [0, 0.05) is 12.2 Å². The van der Waals surface area contributed by atoms with Crippen molar-refractivity contribution in [1.29, 1.82) is 0 Å². The number of amides is 1. The molecule has 0 atom stereocenters. The standard InChI is InChI=1S/C8H11NO3S/c1-2-12-8(11)5-7-9-6(10)3-4-13-7/h5H,2-4H2,1H3,(H,9,10)/b7-5+. The minimum atomic E-state index is -0.410. The highest BCUT2D eigenvalue weighted by Crippen LogP contribution is 2.18. The lowest BCUT2D eigenvalue weighted by Gasteiger charge is -2.13. The largest absolute Gasteiger partial charge is 0.463 e. The average Bonchev–Trinajstić information content (AvgIpc) is 2.04. The number of esters is 1. The lowest BCUT2D eigenvalue weighted by atomic mass is 10.4. The van der Waals surface area contributed by atoms with E-state index in [1.165, 1.54) is 17.8 Å². The summed E-state index contributed by atoms with van der Waals surface area (Å²) in [6.45, 7) is 2.09. The average molecular weight is 201 g/mol. The van der Waals surface area contributed by atoms with Gasteiger partial charge in [-0.2, -0.15) is 0 Å². The molecule has 1 aliphatic heterocycles. The van der Waals surface area contributed by atoms with E-state index in [-0.39, 0.29) is 5.91 Å². The molecule has 1 N–H and O–H groups in total. The van der Waals surface area contributed by atoms with Gasteiger partial charge < -0.3 is 10.1 Å². The second-order valence-corrected chi connectivity index (χ2v) is 3.54. The van der Waals surface area contributed by atoms with Gasteiger partial charge in [0.15, 0.2) is 0 Å². The van der Waals surface area contributed by atoms with Gasteiger partial charge in [-0.15, -0.1) is 11.8 Å². The minimum Gasteiger partial charge on any atom is -0.463 e. The molecule has 1 rings (SSSR count). The molecule has 0 saturated carbocycles. The monoisotopic (exact) mass is 201 g/mol. The molecule has 0 unspecified atom stereocenters. The molecule has 0 radical (unpaired) electrons. The molecule has 0 aliphatic carbocycles. The highest BCUT2D eigenvalue weighted by molar-refractivity contribution is 8.03. The molecule has 0 bridgehead atoms. The first-order valence-corrected chi connectivity index (χ1v) is 5.02. The van der Waals surface area contributed by atoms with Gasteiger partial charge in [-0.1, -0.05) is 0 Å². The second-order valence-electron chi connectivity index (χ2n) is 2.41. The molecule has 1 heterocycles. The maximum absolute atomic E-state index is 11.0. The second kappa shape index (κ2) is 4.91. The van der Waals surface area contributed by atoms with Gasteiger partial charge in [-0.05, 0) is 6.92 Å². The van der Waals surface area contributed by atoms with Crippen molar-refractivity contribution in [2.45, 2.75) is 13.3 Å². The molecule has 1 aliphatic rings. The van der Waals surface area contributed by atoms with Crippen molar-refractivity contribution in [3.05, 3.63) is 11.1 Å². The molecular weight excluding hydrogens is 190 g/mol. The number of rotatable bonds is 2. The van der Waals surface area contributed by atoms with Crippen LogP contribution < -0.4 is 5.32 Å². The third-order valence-electron chi connectivity index (χ3n) is 1.38. The van der Waals surface area contributed by atoms with Gasteiger partial charge in [0.2, 0.25) is 5.91 Å². The number of ether oxygens (including phenoxy) is 1. The van der Waals surface area contributed by atoms with Crippen molar-refractivity contribution < 1.29 is 14.3 Å². The first-order chi connectivity index (χ1) is 6.22. The first kappa shape index (κ1) is 10.1. The highest BCUT2D eigenvalue weighted by Gasteiger charge is 2.13. The van der Waals surface area contributed by atoms with E-state index in [0.29, 0.717) is 18.1 Å². The van der Waals surface area contributed by atoms with E-state index in [2.05, 4.69) is 5.32 Å². The van der Waals surface area contributed by atoms with E-state index in [0.717, 1.165) is 5.75 Å². The summed E-state index contributed by atoms with van der Waals surface area (Å²) in [5.74, 6) is 0.262. The van der Waals surface area contributed by atoms with Crippen LogP contribution in [0.4, 0.5) is 0 Å². The van der Waals surface area contributed by atoms with Gasteiger partial charge >= 0.3 is 5.97 Å². The maximum Gasteiger partial charge on any atom is 0.333 e. The molecule has 0 spiro atoms. The third kappa shape index (κ3) is 3.50. The molecule has 1 saturated heterocycles. The van der Waals surface area contributed by atoms with Crippen LogP contribution in [0.1, 0.15) is 13.3 Å². The Labute approximate surface area is 80.7 Å². The summed E-state index contributed by atoms with van der Waals surface area (Å²) in [6, 6.07) is 0. The number of nitrogens with one attached hydrogen (secondary N) is 1. The topological polar surface area (TPSA) is 55.4 Å². The van der Waals surface area contributed by atoms with E-state index in [1.807, 2.05) is 0 Å². The number of hydrogen-bond acceptors (Lipinski definition) is 4. The zero-order valence-corrected chi connectivity index (χ0v) is 8.15. The van der Waals surface area contributed by atoms with E-state index < -0.39 is 5.97 Å². The molecule has 1 amide bonds. The van der Waals surface area contributed by atoms with Crippen LogP contribution >= 0.6 is 11.8 Å². The Hall–Kier alpha value is -0.970. The van der Waals surface area contributed by atoms with Crippen LogP contribution in [0.15, 0.2) is 11.1 Å². The van der Waals surface area contributed by atoms with Crippen LogP contribution in [0.25, 0.3) is 0 Å². The molecular formula is C8H11NO3S. The summed E-state index contributed by atoms with van der Waals surface area (Å²) in [6.07, 6.45) is 1.82. The summed E-state index contributed by atoms with van der Waals surface area (Å²) in [7, 11) is 0. The summed E-state index contributed by atoms with van der Waals surface area (Å²) < 4.78 is 4.70. The van der Waals surface area contributed by atoms with E-state index in [4.69, 9.17) is 4.74 Å². The van der Waals surface area contributed by atoms with Crippen LogP contribution in [0.5, 0.6) is 0 Å².